The lowest BCUT2D eigenvalue weighted by molar-refractivity contribution is -0.120. The number of aliphatic hydroxyl groups excluding tert-OH is 1. The summed E-state index contributed by atoms with van der Waals surface area (Å²) < 4.78 is 0. The van der Waals surface area contributed by atoms with Crippen LogP contribution in [0.3, 0.4) is 0 Å². The highest BCUT2D eigenvalue weighted by atomic mass is 16.2. The molecule has 3 nitrogen and oxygen atoms in total. The van der Waals surface area contributed by atoms with Crippen molar-refractivity contribution < 1.29 is 9.90 Å². The summed E-state index contributed by atoms with van der Waals surface area (Å²) in [6.45, 7) is 4.38. The molecule has 0 aliphatic carbocycles. The van der Waals surface area contributed by atoms with Crippen molar-refractivity contribution in [1.82, 2.24) is 0 Å². The summed E-state index contributed by atoms with van der Waals surface area (Å²) in [5, 5.41) is 11.8. The van der Waals surface area contributed by atoms with Crippen molar-refractivity contribution in [2.75, 3.05) is 11.9 Å². The fraction of sp³-hybridized carbons (Fsp3) is 0.562. The average molecular weight is 263 g/mol. The van der Waals surface area contributed by atoms with Crippen LogP contribution in [0.2, 0.25) is 0 Å². The molecule has 0 atom stereocenters. The van der Waals surface area contributed by atoms with E-state index in [9.17, 15) is 4.79 Å². The summed E-state index contributed by atoms with van der Waals surface area (Å²) in [5.74, 6) is 0.241. The monoisotopic (exact) mass is 263 g/mol. The van der Waals surface area contributed by atoms with Gasteiger partial charge in [0.05, 0.1) is 0 Å². The minimum Gasteiger partial charge on any atom is -0.396 e. The van der Waals surface area contributed by atoms with Gasteiger partial charge in [0.25, 0.3) is 0 Å². The Bertz CT molecular complexity index is 367. The minimum absolute atomic E-state index is 0.118. The van der Waals surface area contributed by atoms with Gasteiger partial charge in [0, 0.05) is 18.2 Å². The molecule has 19 heavy (non-hydrogen) atoms. The van der Waals surface area contributed by atoms with E-state index in [-0.39, 0.29) is 18.4 Å². The van der Waals surface area contributed by atoms with Crippen molar-refractivity contribution in [2.24, 2.45) is 5.92 Å². The number of anilines is 1. The normalized spacial score (nSPS) is 10.7. The van der Waals surface area contributed by atoms with Crippen molar-refractivity contribution in [3.8, 4) is 0 Å². The Kier molecular flexibility index (Phi) is 7.19. The van der Waals surface area contributed by atoms with E-state index in [1.165, 1.54) is 0 Å². The van der Waals surface area contributed by atoms with Crippen LogP contribution in [0.1, 0.15) is 45.1 Å². The summed E-state index contributed by atoms with van der Waals surface area (Å²) in [5.41, 5.74) is 1.92. The molecule has 3 heteroatoms. The Balaban J connectivity index is 2.58. The van der Waals surface area contributed by atoms with E-state index in [0.29, 0.717) is 6.42 Å². The van der Waals surface area contributed by atoms with Crippen molar-refractivity contribution in [1.29, 1.82) is 0 Å². The van der Waals surface area contributed by atoms with E-state index < -0.39 is 0 Å². The maximum Gasteiger partial charge on any atom is 0.227 e. The highest BCUT2D eigenvalue weighted by Gasteiger charge is 2.16. The van der Waals surface area contributed by atoms with Gasteiger partial charge in [-0.15, -0.1) is 0 Å². The van der Waals surface area contributed by atoms with E-state index in [2.05, 4.69) is 19.2 Å². The van der Waals surface area contributed by atoms with Crippen LogP contribution in [-0.4, -0.2) is 17.6 Å². The van der Waals surface area contributed by atoms with Gasteiger partial charge in [0.1, 0.15) is 0 Å². The number of hydrogen-bond donors (Lipinski definition) is 2. The zero-order chi connectivity index (χ0) is 14.1. The predicted octanol–water partition coefficient (Wildman–Crippen LogP) is 3.38. The molecule has 1 aromatic carbocycles. The van der Waals surface area contributed by atoms with E-state index in [0.717, 1.165) is 36.9 Å². The van der Waals surface area contributed by atoms with Crippen LogP contribution in [0.25, 0.3) is 0 Å². The second-order valence-electron chi connectivity index (χ2n) is 4.93. The molecular formula is C16H25NO2. The number of nitrogens with one attached hydrogen (secondary N) is 1. The van der Waals surface area contributed by atoms with Gasteiger partial charge in [0.2, 0.25) is 5.91 Å². The Morgan fingerprint density at radius 3 is 2.21 bits per heavy atom. The number of carbonyl (C=O) groups is 1. The fourth-order valence-corrected chi connectivity index (χ4v) is 2.23. The summed E-state index contributed by atoms with van der Waals surface area (Å²) >= 11 is 0. The van der Waals surface area contributed by atoms with Gasteiger partial charge in [-0.05, 0) is 37.0 Å². The fourth-order valence-electron chi connectivity index (χ4n) is 2.23. The quantitative estimate of drug-likeness (QED) is 0.755. The molecule has 0 saturated heterocycles. The van der Waals surface area contributed by atoms with Gasteiger partial charge < -0.3 is 10.4 Å². The largest absolute Gasteiger partial charge is 0.396 e. The first kappa shape index (κ1) is 15.7. The summed E-state index contributed by atoms with van der Waals surface area (Å²) in [7, 11) is 0. The van der Waals surface area contributed by atoms with Gasteiger partial charge in [-0.1, -0.05) is 38.8 Å². The SMILES string of the molecule is CCCC(CCC)C(=O)Nc1ccc(CCO)cc1. The van der Waals surface area contributed by atoms with Crippen LogP contribution in [0.4, 0.5) is 5.69 Å². The second kappa shape index (κ2) is 8.70. The van der Waals surface area contributed by atoms with Crippen LogP contribution < -0.4 is 5.32 Å². The molecule has 1 rings (SSSR count). The number of benzene rings is 1. The summed E-state index contributed by atoms with van der Waals surface area (Å²) in [6, 6.07) is 7.69. The van der Waals surface area contributed by atoms with Gasteiger partial charge in [-0.2, -0.15) is 0 Å². The third-order valence-corrected chi connectivity index (χ3v) is 3.27. The molecule has 0 bridgehead atoms. The lowest BCUT2D eigenvalue weighted by Gasteiger charge is -2.15. The number of rotatable bonds is 8. The minimum atomic E-state index is 0.118. The smallest absolute Gasteiger partial charge is 0.227 e. The molecule has 0 spiro atoms. The lowest BCUT2D eigenvalue weighted by atomic mass is 9.97. The van der Waals surface area contributed by atoms with E-state index >= 15 is 0 Å². The molecule has 1 aromatic rings. The Hall–Kier alpha value is -1.35. The third kappa shape index (κ3) is 5.43. The van der Waals surface area contributed by atoms with E-state index in [4.69, 9.17) is 5.11 Å². The first-order chi connectivity index (χ1) is 9.21. The number of carbonyl (C=O) groups excluding carboxylic acids is 1. The van der Waals surface area contributed by atoms with Gasteiger partial charge in [0.15, 0.2) is 0 Å². The molecular weight excluding hydrogens is 238 g/mol. The van der Waals surface area contributed by atoms with Crippen molar-refractivity contribution in [3.63, 3.8) is 0 Å². The summed E-state index contributed by atoms with van der Waals surface area (Å²) in [4.78, 5) is 12.2. The Morgan fingerprint density at radius 2 is 1.74 bits per heavy atom. The Labute approximate surface area is 116 Å². The molecule has 106 valence electrons. The van der Waals surface area contributed by atoms with Crippen molar-refractivity contribution >= 4 is 11.6 Å². The van der Waals surface area contributed by atoms with Gasteiger partial charge in [-0.3, -0.25) is 4.79 Å². The third-order valence-electron chi connectivity index (χ3n) is 3.27. The predicted molar refractivity (Wildman–Crippen MR) is 79.2 cm³/mol. The van der Waals surface area contributed by atoms with Crippen molar-refractivity contribution in [2.45, 2.75) is 46.0 Å². The van der Waals surface area contributed by atoms with E-state index in [1.54, 1.807) is 0 Å². The highest BCUT2D eigenvalue weighted by Crippen LogP contribution is 2.17. The van der Waals surface area contributed by atoms with Crippen LogP contribution in [0, 0.1) is 5.92 Å². The molecule has 1 amide bonds. The number of amides is 1. The lowest BCUT2D eigenvalue weighted by Crippen LogP contribution is -2.22. The van der Waals surface area contributed by atoms with Gasteiger partial charge in [-0.25, -0.2) is 0 Å². The highest BCUT2D eigenvalue weighted by molar-refractivity contribution is 5.92. The number of aliphatic hydroxyl groups is 1. The topological polar surface area (TPSA) is 49.3 Å². The maximum absolute atomic E-state index is 12.2. The average Bonchev–Trinajstić information content (AvgIpc) is 2.41. The molecule has 0 heterocycles. The molecule has 0 aromatic heterocycles. The zero-order valence-electron chi connectivity index (χ0n) is 12.0. The van der Waals surface area contributed by atoms with Crippen LogP contribution in [-0.2, 0) is 11.2 Å². The Morgan fingerprint density at radius 1 is 1.16 bits per heavy atom. The van der Waals surface area contributed by atoms with Crippen LogP contribution in [0.5, 0.6) is 0 Å². The molecule has 0 unspecified atom stereocenters. The van der Waals surface area contributed by atoms with Crippen LogP contribution >= 0.6 is 0 Å². The van der Waals surface area contributed by atoms with E-state index in [1.807, 2.05) is 24.3 Å². The molecule has 0 radical (unpaired) electrons. The molecule has 0 fully saturated rings. The molecule has 0 aliphatic rings. The first-order valence-electron chi connectivity index (χ1n) is 7.21. The molecule has 0 aliphatic heterocycles. The molecule has 0 saturated carbocycles. The first-order valence-corrected chi connectivity index (χ1v) is 7.21. The zero-order valence-corrected chi connectivity index (χ0v) is 12.0. The van der Waals surface area contributed by atoms with Gasteiger partial charge >= 0.3 is 0 Å². The summed E-state index contributed by atoms with van der Waals surface area (Å²) in [6.07, 6.45) is 4.62. The van der Waals surface area contributed by atoms with Crippen LogP contribution in [0.15, 0.2) is 24.3 Å². The molecule has 2 N–H and O–H groups in total. The van der Waals surface area contributed by atoms with Crippen molar-refractivity contribution in [3.05, 3.63) is 29.8 Å². The standard InChI is InChI=1S/C16H25NO2/c1-3-5-14(6-4-2)16(19)17-15-9-7-13(8-10-15)11-12-18/h7-10,14,18H,3-6,11-12H2,1-2H3,(H,17,19). The maximum atomic E-state index is 12.2. The second-order valence-corrected chi connectivity index (χ2v) is 4.93. The number of hydrogen-bond acceptors (Lipinski definition) is 2.